The number of hydrogen-bond acceptors (Lipinski definition) is 14. The first kappa shape index (κ1) is 55.2. The minimum Gasteiger partial charge on any atom is -0.388 e. The van der Waals surface area contributed by atoms with E-state index in [0.29, 0.717) is 95.0 Å². The maximum atomic E-state index is 15.9. The molecule has 8 aliphatic carbocycles. The van der Waals surface area contributed by atoms with Gasteiger partial charge < -0.3 is 67.1 Å². The van der Waals surface area contributed by atoms with Gasteiger partial charge in [0.1, 0.15) is 48.0 Å². The summed E-state index contributed by atoms with van der Waals surface area (Å²) in [7, 11) is 0. The second kappa shape index (κ2) is 24.2. The summed E-state index contributed by atoms with van der Waals surface area (Å²) in [6.07, 6.45) is 19.7. The van der Waals surface area contributed by atoms with E-state index >= 15 is 8.78 Å². The lowest BCUT2D eigenvalue weighted by atomic mass is 9.58. The van der Waals surface area contributed by atoms with Crippen LogP contribution in [0.15, 0.2) is 0 Å². The lowest BCUT2D eigenvalue weighted by Crippen LogP contribution is -2.53. The lowest BCUT2D eigenvalue weighted by molar-refractivity contribution is -0.171. The highest BCUT2D eigenvalue weighted by atomic mass is 19.1. The first-order valence-corrected chi connectivity index (χ1v) is 30.0. The Hall–Kier alpha value is -0.700. The molecule has 0 spiro atoms. The number of halogens is 2. The summed E-state index contributed by atoms with van der Waals surface area (Å²) >= 11 is 0. The van der Waals surface area contributed by atoms with Gasteiger partial charge in [-0.05, 0) is 163 Å². The molecule has 0 radical (unpaired) electrons. The smallest absolute Gasteiger partial charge is 0.139 e. The standard InChI is InChI=1S/C31H52O7.C27H42F2O7/c1-3-30-11-22(10-25(14-30)34-17-26-18-35-26)5-7-28(30)37-16-23(32)15-33-24-9-21-6-8-29(38-20-27-19-36-27)31(4-2,12-21)13-24;28-26-7-18(6-21(10-26)32-13-22-14-33-22)1-3-24(26)35-12-19(30)11-31-20-5-17-2-4-25(27(29,8-17)9-20)36-16-23-15-34-23/h21-29,32H,3-20H2,1-2H3;17-25,30H,1-16H2. The zero-order valence-corrected chi connectivity index (χ0v) is 45.0. The number of alkyl halides is 2. The van der Waals surface area contributed by atoms with Crippen LogP contribution in [0.3, 0.4) is 0 Å². The highest BCUT2D eigenvalue weighted by Gasteiger charge is 2.54. The van der Waals surface area contributed by atoms with Crippen molar-refractivity contribution in [2.75, 3.05) is 79.3 Å². The molecule has 12 rings (SSSR count). The van der Waals surface area contributed by atoms with Gasteiger partial charge in [-0.2, -0.15) is 0 Å². The minimum atomic E-state index is -1.42. The summed E-state index contributed by atoms with van der Waals surface area (Å²) in [4.78, 5) is 0. The molecule has 424 valence electrons. The molecule has 22 atom stereocenters. The Balaban J connectivity index is 0.000000159. The molecule has 4 saturated heterocycles. The molecule has 0 aromatic heterocycles. The molecular weight excluding hydrogens is 959 g/mol. The molecule has 4 aliphatic heterocycles. The quantitative estimate of drug-likeness (QED) is 0.0802. The van der Waals surface area contributed by atoms with E-state index in [0.717, 1.165) is 116 Å². The Kier molecular flexibility index (Phi) is 18.0. The first-order chi connectivity index (χ1) is 35.9. The molecule has 8 bridgehead atoms. The topological polar surface area (TPSA) is 164 Å². The Morgan fingerprint density at radius 1 is 0.392 bits per heavy atom. The molecule has 14 nitrogen and oxygen atoms in total. The number of rotatable bonds is 26. The normalized spacial score (nSPS) is 47.4. The zero-order chi connectivity index (χ0) is 50.9. The average molecular weight is 1050 g/mol. The molecule has 0 aromatic rings. The van der Waals surface area contributed by atoms with E-state index in [2.05, 4.69) is 13.8 Å². The van der Waals surface area contributed by atoms with Crippen LogP contribution in [-0.4, -0.2) is 186 Å². The van der Waals surface area contributed by atoms with Gasteiger partial charge in [-0.1, -0.05) is 13.8 Å². The van der Waals surface area contributed by atoms with Crippen LogP contribution in [-0.2, 0) is 56.8 Å². The van der Waals surface area contributed by atoms with Crippen molar-refractivity contribution in [1.82, 2.24) is 0 Å². The number of epoxide rings is 4. The van der Waals surface area contributed by atoms with Gasteiger partial charge in [0, 0.05) is 12.8 Å². The number of ether oxygens (including phenoxy) is 12. The first-order valence-electron chi connectivity index (χ1n) is 30.0. The molecule has 16 heteroatoms. The fourth-order valence-electron chi connectivity index (χ4n) is 16.0. The molecule has 0 amide bonds. The van der Waals surface area contributed by atoms with E-state index in [4.69, 9.17) is 56.8 Å². The fourth-order valence-corrected chi connectivity index (χ4v) is 16.0. The summed E-state index contributed by atoms with van der Waals surface area (Å²) in [6, 6.07) is 0. The average Bonchev–Trinajstić information content (AvgIpc) is 4.16. The summed E-state index contributed by atoms with van der Waals surface area (Å²) in [5.74, 6) is 2.06. The Morgan fingerprint density at radius 3 is 1.14 bits per heavy atom. The molecule has 12 aliphatic rings. The van der Waals surface area contributed by atoms with Crippen LogP contribution in [0.1, 0.15) is 155 Å². The van der Waals surface area contributed by atoms with Crippen LogP contribution in [0.5, 0.6) is 0 Å². The molecule has 8 saturated carbocycles. The van der Waals surface area contributed by atoms with Gasteiger partial charge in [-0.25, -0.2) is 8.78 Å². The molecule has 2 N–H and O–H groups in total. The predicted octanol–water partition coefficient (Wildman–Crippen LogP) is 7.96. The van der Waals surface area contributed by atoms with Crippen molar-refractivity contribution in [3.05, 3.63) is 0 Å². The summed E-state index contributed by atoms with van der Waals surface area (Å²) < 4.78 is 102. The van der Waals surface area contributed by atoms with Crippen molar-refractivity contribution in [1.29, 1.82) is 0 Å². The fraction of sp³-hybridized carbons (Fsp3) is 1.00. The van der Waals surface area contributed by atoms with E-state index in [-0.39, 0.29) is 73.0 Å². The largest absolute Gasteiger partial charge is 0.388 e. The van der Waals surface area contributed by atoms with Gasteiger partial charge >= 0.3 is 0 Å². The Bertz CT molecular complexity index is 1770. The van der Waals surface area contributed by atoms with E-state index in [9.17, 15) is 10.2 Å². The van der Waals surface area contributed by atoms with Crippen molar-refractivity contribution in [2.24, 2.45) is 34.5 Å². The highest BCUT2D eigenvalue weighted by Crippen LogP contribution is 2.55. The zero-order valence-electron chi connectivity index (χ0n) is 45.0. The van der Waals surface area contributed by atoms with Gasteiger partial charge in [-0.3, -0.25) is 0 Å². The third-order valence-electron chi connectivity index (χ3n) is 20.4. The Labute approximate surface area is 440 Å². The van der Waals surface area contributed by atoms with E-state index in [1.54, 1.807) is 0 Å². The van der Waals surface area contributed by atoms with Gasteiger partial charge in [-0.15, -0.1) is 0 Å². The van der Waals surface area contributed by atoms with Crippen LogP contribution < -0.4 is 0 Å². The third kappa shape index (κ3) is 14.2. The number of fused-ring (bicyclic) bond motifs is 8. The monoisotopic (exact) mass is 1050 g/mol. The van der Waals surface area contributed by atoms with Gasteiger partial charge in [0.15, 0.2) is 0 Å². The van der Waals surface area contributed by atoms with E-state index < -0.39 is 35.8 Å². The minimum absolute atomic E-state index is 0.0203. The molecule has 74 heavy (non-hydrogen) atoms. The second-order valence-electron chi connectivity index (χ2n) is 26.1. The maximum absolute atomic E-state index is 15.9. The van der Waals surface area contributed by atoms with Crippen molar-refractivity contribution >= 4 is 0 Å². The maximum Gasteiger partial charge on any atom is 0.139 e. The molecule has 4 heterocycles. The van der Waals surface area contributed by atoms with E-state index in [1.165, 1.54) is 32.1 Å². The van der Waals surface area contributed by atoms with E-state index in [1.807, 2.05) is 0 Å². The lowest BCUT2D eigenvalue weighted by Gasteiger charge is -2.52. The number of hydrogen-bond donors (Lipinski definition) is 2. The summed E-state index contributed by atoms with van der Waals surface area (Å²) in [5.41, 5.74) is -2.42. The second-order valence-corrected chi connectivity index (χ2v) is 26.1. The number of aliphatic hydroxyl groups excluding tert-OH is 2. The van der Waals surface area contributed by atoms with Crippen molar-refractivity contribution < 1.29 is 75.8 Å². The highest BCUT2D eigenvalue weighted by molar-refractivity contribution is 5.04. The van der Waals surface area contributed by atoms with Crippen LogP contribution in [0, 0.1) is 34.5 Å². The van der Waals surface area contributed by atoms with Crippen molar-refractivity contribution in [3.63, 3.8) is 0 Å². The van der Waals surface area contributed by atoms with Crippen LogP contribution >= 0.6 is 0 Å². The molecular formula is C58H94F2O14. The molecule has 12 fully saturated rings. The number of aliphatic hydroxyl groups is 2. The SMILES string of the molecule is CCC12CC(CCC1OCC(O)COC1CC3CCC(OCC4CO4)C(CC)(C3)C1)CC(OCC1CO1)C2.OC(COC1CC2CCC(OCC3CO3)C(F)(C2)C1)COC1CCC2CC(OCC3CO3)CC1(F)C2. The van der Waals surface area contributed by atoms with Crippen LogP contribution in [0.25, 0.3) is 0 Å². The van der Waals surface area contributed by atoms with Gasteiger partial charge in [0.05, 0.1) is 128 Å². The summed E-state index contributed by atoms with van der Waals surface area (Å²) in [6.45, 7) is 11.1. The van der Waals surface area contributed by atoms with Crippen molar-refractivity contribution in [2.45, 2.75) is 252 Å². The van der Waals surface area contributed by atoms with Crippen molar-refractivity contribution in [3.8, 4) is 0 Å². The van der Waals surface area contributed by atoms with Gasteiger partial charge in [0.2, 0.25) is 0 Å². The Morgan fingerprint density at radius 2 is 0.703 bits per heavy atom. The van der Waals surface area contributed by atoms with Crippen LogP contribution in [0.2, 0.25) is 0 Å². The van der Waals surface area contributed by atoms with Gasteiger partial charge in [0.25, 0.3) is 0 Å². The van der Waals surface area contributed by atoms with Crippen LogP contribution in [0.4, 0.5) is 8.78 Å². The molecule has 0 aromatic carbocycles. The molecule has 22 unspecified atom stereocenters. The predicted molar refractivity (Wildman–Crippen MR) is 268 cm³/mol. The summed E-state index contributed by atoms with van der Waals surface area (Å²) in [5, 5.41) is 21.4. The third-order valence-corrected chi connectivity index (χ3v) is 20.4.